The molecule has 0 atom stereocenters. The first-order valence-electron chi connectivity index (χ1n) is 7.66. The summed E-state index contributed by atoms with van der Waals surface area (Å²) in [5.41, 5.74) is 1.17. The highest BCUT2D eigenvalue weighted by atomic mass is 16.5. The fourth-order valence-corrected chi connectivity index (χ4v) is 2.13. The lowest BCUT2D eigenvalue weighted by molar-refractivity contribution is 0.102. The van der Waals surface area contributed by atoms with Gasteiger partial charge in [0, 0.05) is 12.1 Å². The number of hydrogen-bond donors (Lipinski definition) is 1. The van der Waals surface area contributed by atoms with Crippen LogP contribution in [-0.4, -0.2) is 16.0 Å². The number of hydrogen-bond acceptors (Lipinski definition) is 5. The van der Waals surface area contributed by atoms with E-state index in [-0.39, 0.29) is 12.5 Å². The standard InChI is InChI=1S/C18H17N3O3/c1-2-16-20-17(24-21-16)12-23-15-11-7-6-10-14(15)18(22)19-13-8-4-3-5-9-13/h3-11H,2,12H2,1H3,(H,19,22). The molecule has 1 aromatic heterocycles. The van der Waals surface area contributed by atoms with E-state index in [1.165, 1.54) is 0 Å². The maximum Gasteiger partial charge on any atom is 0.264 e. The lowest BCUT2D eigenvalue weighted by Gasteiger charge is -2.10. The maximum absolute atomic E-state index is 12.5. The second-order valence-electron chi connectivity index (χ2n) is 5.06. The second kappa shape index (κ2) is 7.41. The van der Waals surface area contributed by atoms with E-state index in [9.17, 15) is 4.79 Å². The van der Waals surface area contributed by atoms with Crippen LogP contribution in [0.15, 0.2) is 59.1 Å². The number of nitrogens with zero attached hydrogens (tertiary/aromatic N) is 2. The minimum atomic E-state index is -0.239. The molecule has 0 aliphatic carbocycles. The number of nitrogens with one attached hydrogen (secondary N) is 1. The SMILES string of the molecule is CCc1noc(COc2ccccc2C(=O)Nc2ccccc2)n1. The number of aryl methyl sites for hydroxylation is 1. The summed E-state index contributed by atoms with van der Waals surface area (Å²) in [5.74, 6) is 1.23. The minimum absolute atomic E-state index is 0.114. The van der Waals surface area contributed by atoms with Crippen molar-refractivity contribution >= 4 is 11.6 Å². The van der Waals surface area contributed by atoms with Gasteiger partial charge in [-0.3, -0.25) is 4.79 Å². The van der Waals surface area contributed by atoms with Crippen LogP contribution in [0.5, 0.6) is 5.75 Å². The van der Waals surface area contributed by atoms with Crippen LogP contribution < -0.4 is 10.1 Å². The smallest absolute Gasteiger partial charge is 0.264 e. The van der Waals surface area contributed by atoms with Gasteiger partial charge < -0.3 is 14.6 Å². The average molecular weight is 323 g/mol. The van der Waals surface area contributed by atoms with Gasteiger partial charge in [0.05, 0.1) is 5.56 Å². The summed E-state index contributed by atoms with van der Waals surface area (Å²) >= 11 is 0. The van der Waals surface area contributed by atoms with Gasteiger partial charge >= 0.3 is 0 Å². The summed E-state index contributed by atoms with van der Waals surface area (Å²) in [5, 5.41) is 6.65. The molecule has 0 fully saturated rings. The molecule has 24 heavy (non-hydrogen) atoms. The Morgan fingerprint density at radius 3 is 2.62 bits per heavy atom. The number of para-hydroxylation sites is 2. The van der Waals surface area contributed by atoms with E-state index in [0.717, 1.165) is 5.69 Å². The lowest BCUT2D eigenvalue weighted by Crippen LogP contribution is -2.13. The van der Waals surface area contributed by atoms with Gasteiger partial charge in [-0.05, 0) is 24.3 Å². The zero-order chi connectivity index (χ0) is 16.8. The Morgan fingerprint density at radius 2 is 1.88 bits per heavy atom. The lowest BCUT2D eigenvalue weighted by atomic mass is 10.2. The molecule has 6 nitrogen and oxygen atoms in total. The molecule has 0 unspecified atom stereocenters. The fraction of sp³-hybridized carbons (Fsp3) is 0.167. The Balaban J connectivity index is 1.71. The molecular formula is C18H17N3O3. The van der Waals surface area contributed by atoms with Crippen LogP contribution >= 0.6 is 0 Å². The third kappa shape index (κ3) is 3.78. The summed E-state index contributed by atoms with van der Waals surface area (Å²) < 4.78 is 10.8. The molecule has 0 spiro atoms. The van der Waals surface area contributed by atoms with Gasteiger partial charge in [0.2, 0.25) is 0 Å². The summed E-state index contributed by atoms with van der Waals surface area (Å²) in [4.78, 5) is 16.6. The molecule has 0 aliphatic heterocycles. The van der Waals surface area contributed by atoms with Crippen molar-refractivity contribution in [1.82, 2.24) is 10.1 Å². The minimum Gasteiger partial charge on any atom is -0.483 e. The highest BCUT2D eigenvalue weighted by molar-refractivity contribution is 6.06. The first kappa shape index (κ1) is 15.7. The third-order valence-electron chi connectivity index (χ3n) is 3.34. The molecule has 0 aliphatic rings. The van der Waals surface area contributed by atoms with Crippen molar-refractivity contribution in [1.29, 1.82) is 0 Å². The van der Waals surface area contributed by atoms with Crippen LogP contribution in [0.2, 0.25) is 0 Å². The monoisotopic (exact) mass is 323 g/mol. The molecule has 122 valence electrons. The van der Waals surface area contributed by atoms with Crippen molar-refractivity contribution in [2.75, 3.05) is 5.32 Å². The number of amides is 1. The Morgan fingerprint density at radius 1 is 1.12 bits per heavy atom. The summed E-state index contributed by atoms with van der Waals surface area (Å²) in [7, 11) is 0. The molecule has 2 aromatic carbocycles. The second-order valence-corrected chi connectivity index (χ2v) is 5.06. The average Bonchev–Trinajstić information content (AvgIpc) is 3.09. The van der Waals surface area contributed by atoms with Gasteiger partial charge in [0.15, 0.2) is 12.4 Å². The molecule has 0 radical (unpaired) electrons. The van der Waals surface area contributed by atoms with Crippen LogP contribution in [-0.2, 0) is 13.0 Å². The molecule has 0 saturated carbocycles. The Labute approximate surface area is 139 Å². The molecule has 1 N–H and O–H groups in total. The van der Waals surface area contributed by atoms with Crippen LogP contribution in [0.25, 0.3) is 0 Å². The first-order chi connectivity index (χ1) is 11.8. The highest BCUT2D eigenvalue weighted by Gasteiger charge is 2.13. The van der Waals surface area contributed by atoms with Gasteiger partial charge in [0.25, 0.3) is 11.8 Å². The number of carbonyl (C=O) groups is 1. The largest absolute Gasteiger partial charge is 0.483 e. The molecule has 0 saturated heterocycles. The van der Waals surface area contributed by atoms with Crippen LogP contribution in [0.4, 0.5) is 5.69 Å². The van der Waals surface area contributed by atoms with Gasteiger partial charge in [0.1, 0.15) is 5.75 Å². The van der Waals surface area contributed by atoms with Gasteiger partial charge in [-0.1, -0.05) is 42.4 Å². The normalized spacial score (nSPS) is 10.4. The highest BCUT2D eigenvalue weighted by Crippen LogP contribution is 2.20. The van der Waals surface area contributed by atoms with Crippen LogP contribution in [0.1, 0.15) is 29.0 Å². The van der Waals surface area contributed by atoms with Crippen molar-refractivity contribution in [3.63, 3.8) is 0 Å². The van der Waals surface area contributed by atoms with Crippen molar-refractivity contribution < 1.29 is 14.1 Å². The first-order valence-corrected chi connectivity index (χ1v) is 7.66. The Bertz CT molecular complexity index is 815. The fourth-order valence-electron chi connectivity index (χ4n) is 2.13. The predicted octanol–water partition coefficient (Wildman–Crippen LogP) is 3.46. The van der Waals surface area contributed by atoms with Crippen molar-refractivity contribution in [2.45, 2.75) is 20.0 Å². The molecule has 1 heterocycles. The molecule has 1 amide bonds. The van der Waals surface area contributed by atoms with E-state index in [2.05, 4.69) is 15.5 Å². The Hall–Kier alpha value is -3.15. The molecule has 6 heteroatoms. The van der Waals surface area contributed by atoms with E-state index in [0.29, 0.717) is 29.4 Å². The quantitative estimate of drug-likeness (QED) is 0.751. The van der Waals surface area contributed by atoms with Gasteiger partial charge in [-0.2, -0.15) is 4.98 Å². The van der Waals surface area contributed by atoms with Gasteiger partial charge in [-0.15, -0.1) is 0 Å². The topological polar surface area (TPSA) is 77.2 Å². The maximum atomic E-state index is 12.5. The number of anilines is 1. The predicted molar refractivity (Wildman–Crippen MR) is 88.8 cm³/mol. The van der Waals surface area contributed by atoms with E-state index < -0.39 is 0 Å². The third-order valence-corrected chi connectivity index (χ3v) is 3.34. The Kier molecular flexibility index (Phi) is 4.86. The number of benzene rings is 2. The molecular weight excluding hydrogens is 306 g/mol. The van der Waals surface area contributed by atoms with E-state index >= 15 is 0 Å². The summed E-state index contributed by atoms with van der Waals surface area (Å²) in [6.07, 6.45) is 0.694. The van der Waals surface area contributed by atoms with Crippen molar-refractivity contribution in [3.8, 4) is 5.75 Å². The van der Waals surface area contributed by atoms with E-state index in [4.69, 9.17) is 9.26 Å². The van der Waals surface area contributed by atoms with Crippen molar-refractivity contribution in [2.24, 2.45) is 0 Å². The summed E-state index contributed by atoms with van der Waals surface area (Å²) in [6, 6.07) is 16.3. The van der Waals surface area contributed by atoms with E-state index in [1.807, 2.05) is 37.3 Å². The number of rotatable bonds is 6. The molecule has 3 rings (SSSR count). The number of ether oxygens (including phenoxy) is 1. The zero-order valence-electron chi connectivity index (χ0n) is 13.2. The molecule has 3 aromatic rings. The number of carbonyl (C=O) groups excluding carboxylic acids is 1. The van der Waals surface area contributed by atoms with Gasteiger partial charge in [-0.25, -0.2) is 0 Å². The van der Waals surface area contributed by atoms with E-state index in [1.54, 1.807) is 24.3 Å². The zero-order valence-corrected chi connectivity index (χ0v) is 13.2. The number of aromatic nitrogens is 2. The van der Waals surface area contributed by atoms with Crippen molar-refractivity contribution in [3.05, 3.63) is 71.9 Å². The molecule has 0 bridgehead atoms. The van der Waals surface area contributed by atoms with Crippen LogP contribution in [0.3, 0.4) is 0 Å². The summed E-state index contributed by atoms with van der Waals surface area (Å²) in [6.45, 7) is 2.06. The van der Waals surface area contributed by atoms with Crippen LogP contribution in [0, 0.1) is 0 Å².